The van der Waals surface area contributed by atoms with Gasteiger partial charge in [0.05, 0.1) is 24.3 Å². The van der Waals surface area contributed by atoms with Crippen LogP contribution in [0.15, 0.2) is 9.95 Å². The lowest BCUT2D eigenvalue weighted by atomic mass is 10.2. The number of carbonyl (C=O) groups is 1. The molecule has 2 rings (SSSR count). The molecule has 8 heteroatoms. The standard InChI is InChI=1S/C11H14N4O3S/c1-4-18-8(16)5-7-6(2)12-10-13-11(19-3)14-15(10)9(7)17/h4-5H2,1-3H3,(H,12,13,14). The number of aromatic nitrogens is 4. The first-order valence-electron chi connectivity index (χ1n) is 5.74. The highest BCUT2D eigenvalue weighted by atomic mass is 32.2. The number of nitrogens with zero attached hydrogens (tertiary/aromatic N) is 3. The molecule has 0 unspecified atom stereocenters. The van der Waals surface area contributed by atoms with Crippen molar-refractivity contribution in [3.05, 3.63) is 21.6 Å². The van der Waals surface area contributed by atoms with Gasteiger partial charge in [-0.15, -0.1) is 0 Å². The normalized spacial score (nSPS) is 10.9. The van der Waals surface area contributed by atoms with Gasteiger partial charge in [0.15, 0.2) is 5.16 Å². The van der Waals surface area contributed by atoms with Gasteiger partial charge in [-0.3, -0.25) is 14.7 Å². The van der Waals surface area contributed by atoms with Crippen LogP contribution in [0.1, 0.15) is 18.2 Å². The smallest absolute Gasteiger partial charge is 0.310 e. The van der Waals surface area contributed by atoms with E-state index in [1.807, 2.05) is 6.26 Å². The molecule has 0 aliphatic heterocycles. The Morgan fingerprint density at radius 3 is 2.84 bits per heavy atom. The van der Waals surface area contributed by atoms with Gasteiger partial charge in [-0.25, -0.2) is 4.98 Å². The van der Waals surface area contributed by atoms with Crippen molar-refractivity contribution in [1.29, 1.82) is 0 Å². The Labute approximate surface area is 113 Å². The average Bonchev–Trinajstić information content (AvgIpc) is 2.78. The van der Waals surface area contributed by atoms with Crippen LogP contribution in [0.4, 0.5) is 0 Å². The Kier molecular flexibility index (Phi) is 3.89. The van der Waals surface area contributed by atoms with Gasteiger partial charge < -0.3 is 4.74 Å². The van der Waals surface area contributed by atoms with Gasteiger partial charge >= 0.3 is 5.97 Å². The molecule has 2 aromatic rings. The first-order chi connectivity index (χ1) is 9.06. The topological polar surface area (TPSA) is 89.3 Å². The fraction of sp³-hybridized carbons (Fsp3) is 0.455. The van der Waals surface area contributed by atoms with Gasteiger partial charge in [-0.05, 0) is 20.1 Å². The van der Waals surface area contributed by atoms with Crippen LogP contribution in [0.3, 0.4) is 0 Å². The van der Waals surface area contributed by atoms with Crippen molar-refractivity contribution in [3.63, 3.8) is 0 Å². The molecule has 0 atom stereocenters. The summed E-state index contributed by atoms with van der Waals surface area (Å²) in [5.41, 5.74) is 0.507. The van der Waals surface area contributed by atoms with E-state index in [2.05, 4.69) is 15.1 Å². The van der Waals surface area contributed by atoms with Gasteiger partial charge in [0, 0.05) is 0 Å². The van der Waals surface area contributed by atoms with Crippen molar-refractivity contribution < 1.29 is 9.53 Å². The molecule has 0 fully saturated rings. The molecule has 0 amide bonds. The third-order valence-corrected chi connectivity index (χ3v) is 3.16. The van der Waals surface area contributed by atoms with Crippen LogP contribution >= 0.6 is 11.8 Å². The second kappa shape index (κ2) is 5.43. The van der Waals surface area contributed by atoms with Crippen molar-refractivity contribution in [3.8, 4) is 0 Å². The lowest BCUT2D eigenvalue weighted by molar-refractivity contribution is -0.142. The maximum atomic E-state index is 12.3. The third-order valence-electron chi connectivity index (χ3n) is 2.59. The van der Waals surface area contributed by atoms with Crippen LogP contribution in [0.5, 0.6) is 0 Å². The number of ether oxygens (including phenoxy) is 1. The molecule has 19 heavy (non-hydrogen) atoms. The molecule has 2 heterocycles. The highest BCUT2D eigenvalue weighted by molar-refractivity contribution is 7.98. The summed E-state index contributed by atoms with van der Waals surface area (Å²) in [5, 5.41) is 3.42. The second-order valence-electron chi connectivity index (χ2n) is 3.83. The molecule has 0 aromatic carbocycles. The second-order valence-corrected chi connectivity index (χ2v) is 4.63. The zero-order valence-electron chi connectivity index (χ0n) is 10.9. The number of carbonyl (C=O) groups excluding carboxylic acids is 1. The van der Waals surface area contributed by atoms with Crippen molar-refractivity contribution in [2.75, 3.05) is 12.9 Å². The maximum absolute atomic E-state index is 12.3. The molecule has 0 aliphatic rings. The van der Waals surface area contributed by atoms with E-state index in [0.29, 0.717) is 22.2 Å². The van der Waals surface area contributed by atoms with E-state index in [4.69, 9.17) is 4.74 Å². The molecular formula is C11H14N4O3S. The number of rotatable bonds is 4. The predicted octanol–water partition coefficient (Wildman–Crippen LogP) is 0.554. The van der Waals surface area contributed by atoms with Crippen LogP contribution in [-0.2, 0) is 16.0 Å². The molecule has 0 saturated carbocycles. The van der Waals surface area contributed by atoms with Gasteiger partial charge in [0.2, 0.25) is 0 Å². The van der Waals surface area contributed by atoms with Crippen molar-refractivity contribution in [1.82, 2.24) is 19.6 Å². The van der Waals surface area contributed by atoms with Gasteiger partial charge in [-0.1, -0.05) is 11.8 Å². The number of thioether (sulfide) groups is 1. The Balaban J connectivity index is 2.49. The Hall–Kier alpha value is -1.83. The summed E-state index contributed by atoms with van der Waals surface area (Å²) >= 11 is 1.38. The summed E-state index contributed by atoms with van der Waals surface area (Å²) in [6.07, 6.45) is 1.76. The first-order valence-corrected chi connectivity index (χ1v) is 6.97. The fourth-order valence-electron chi connectivity index (χ4n) is 1.69. The summed E-state index contributed by atoms with van der Waals surface area (Å²) in [4.78, 5) is 32.1. The molecular weight excluding hydrogens is 268 g/mol. The van der Waals surface area contributed by atoms with E-state index in [1.54, 1.807) is 13.8 Å². The van der Waals surface area contributed by atoms with E-state index in [1.165, 1.54) is 16.3 Å². The summed E-state index contributed by atoms with van der Waals surface area (Å²) < 4.78 is 6.09. The highest BCUT2D eigenvalue weighted by Crippen LogP contribution is 2.10. The number of hydrogen-bond donors (Lipinski definition) is 1. The number of nitrogens with one attached hydrogen (secondary N) is 1. The van der Waals surface area contributed by atoms with Crippen molar-refractivity contribution in [2.24, 2.45) is 0 Å². The Bertz CT molecular complexity index is 676. The van der Waals surface area contributed by atoms with Crippen LogP contribution in [-0.4, -0.2) is 38.4 Å². The van der Waals surface area contributed by atoms with E-state index in [9.17, 15) is 9.59 Å². The molecule has 1 N–H and O–H groups in total. The van der Waals surface area contributed by atoms with Gasteiger partial charge in [-0.2, -0.15) is 9.50 Å². The molecule has 0 radical (unpaired) electrons. The largest absolute Gasteiger partial charge is 0.466 e. The molecule has 0 spiro atoms. The maximum Gasteiger partial charge on any atom is 0.310 e. The first kappa shape index (κ1) is 13.6. The number of esters is 1. The number of hydrogen-bond acceptors (Lipinski definition) is 6. The minimum absolute atomic E-state index is 0.0813. The molecule has 0 bridgehead atoms. The number of H-pyrrole nitrogens is 1. The zero-order valence-corrected chi connectivity index (χ0v) is 11.7. The number of aromatic amines is 1. The highest BCUT2D eigenvalue weighted by Gasteiger charge is 2.16. The average molecular weight is 282 g/mol. The van der Waals surface area contributed by atoms with Crippen LogP contribution in [0, 0.1) is 6.92 Å². The van der Waals surface area contributed by atoms with Crippen LogP contribution < -0.4 is 5.56 Å². The lowest BCUT2D eigenvalue weighted by Gasteiger charge is -2.04. The Morgan fingerprint density at radius 1 is 1.47 bits per heavy atom. The van der Waals surface area contributed by atoms with Crippen molar-refractivity contribution >= 4 is 23.5 Å². The summed E-state index contributed by atoms with van der Waals surface area (Å²) in [6.45, 7) is 3.69. The summed E-state index contributed by atoms with van der Waals surface area (Å²) in [5.74, 6) is -0.131. The van der Waals surface area contributed by atoms with Crippen LogP contribution in [0.2, 0.25) is 0 Å². The molecule has 2 aromatic heterocycles. The third kappa shape index (κ3) is 2.62. The minimum Gasteiger partial charge on any atom is -0.466 e. The summed E-state index contributed by atoms with van der Waals surface area (Å²) in [6, 6.07) is 0. The van der Waals surface area contributed by atoms with Gasteiger partial charge in [0.25, 0.3) is 11.3 Å². The zero-order chi connectivity index (χ0) is 14.0. The molecule has 0 aliphatic carbocycles. The molecule has 0 saturated heterocycles. The fourth-order valence-corrected chi connectivity index (χ4v) is 2.04. The molecule has 7 nitrogen and oxygen atoms in total. The van der Waals surface area contributed by atoms with E-state index >= 15 is 0 Å². The Morgan fingerprint density at radius 2 is 2.21 bits per heavy atom. The van der Waals surface area contributed by atoms with E-state index in [0.717, 1.165) is 0 Å². The number of aryl methyl sites for hydroxylation is 1. The quantitative estimate of drug-likeness (QED) is 0.651. The monoisotopic (exact) mass is 282 g/mol. The predicted molar refractivity (Wildman–Crippen MR) is 70.5 cm³/mol. The van der Waals surface area contributed by atoms with E-state index < -0.39 is 5.97 Å². The van der Waals surface area contributed by atoms with Crippen molar-refractivity contribution in [2.45, 2.75) is 25.4 Å². The SMILES string of the molecule is CCOC(=O)Cc1c(C)nc2nc(SC)[nH]n2c1=O. The minimum atomic E-state index is -0.436. The lowest BCUT2D eigenvalue weighted by Crippen LogP contribution is -2.24. The van der Waals surface area contributed by atoms with E-state index in [-0.39, 0.29) is 18.6 Å². The molecule has 102 valence electrons. The van der Waals surface area contributed by atoms with Crippen LogP contribution in [0.25, 0.3) is 5.78 Å². The number of fused-ring (bicyclic) bond motifs is 1. The van der Waals surface area contributed by atoms with Gasteiger partial charge in [0.1, 0.15) is 0 Å². The summed E-state index contributed by atoms with van der Waals surface area (Å²) in [7, 11) is 0.